The third-order valence-corrected chi connectivity index (χ3v) is 4.99. The van der Waals surface area contributed by atoms with Gasteiger partial charge in [-0.1, -0.05) is 24.9 Å². The summed E-state index contributed by atoms with van der Waals surface area (Å²) in [5.41, 5.74) is 0.953. The molecule has 100 valence electrons. The van der Waals surface area contributed by atoms with Gasteiger partial charge in [-0.15, -0.1) is 0 Å². The van der Waals surface area contributed by atoms with Crippen molar-refractivity contribution in [3.8, 4) is 0 Å². The first kappa shape index (κ1) is 13.9. The van der Waals surface area contributed by atoms with Gasteiger partial charge >= 0.3 is 0 Å². The van der Waals surface area contributed by atoms with Crippen LogP contribution in [-0.4, -0.2) is 27.5 Å². The van der Waals surface area contributed by atoms with E-state index in [0.717, 1.165) is 30.2 Å². The van der Waals surface area contributed by atoms with E-state index in [9.17, 15) is 0 Å². The fraction of sp³-hybridized carbons (Fsp3) is 0.692. The standard InChI is InChI=1S/C13H20ClN3S/c1-3-11-16-12(14)9(2)13(17-11)15-8-10-6-4-5-7-18-10/h10H,3-8H2,1-2H3,(H,15,16,17). The topological polar surface area (TPSA) is 37.8 Å². The molecule has 2 rings (SSSR count). The lowest BCUT2D eigenvalue weighted by atomic mass is 10.2. The lowest BCUT2D eigenvalue weighted by Gasteiger charge is -2.22. The second kappa shape index (κ2) is 6.62. The van der Waals surface area contributed by atoms with Crippen molar-refractivity contribution >= 4 is 29.2 Å². The quantitative estimate of drug-likeness (QED) is 0.856. The zero-order valence-electron chi connectivity index (χ0n) is 11.0. The van der Waals surface area contributed by atoms with Gasteiger partial charge in [-0.2, -0.15) is 11.8 Å². The van der Waals surface area contributed by atoms with Gasteiger partial charge < -0.3 is 5.32 Å². The fourth-order valence-electron chi connectivity index (χ4n) is 2.04. The van der Waals surface area contributed by atoms with E-state index in [1.54, 1.807) is 0 Å². The van der Waals surface area contributed by atoms with Crippen molar-refractivity contribution in [1.29, 1.82) is 0 Å². The Morgan fingerprint density at radius 3 is 2.89 bits per heavy atom. The molecule has 1 saturated heterocycles. The SMILES string of the molecule is CCc1nc(Cl)c(C)c(NCC2CCCCS2)n1. The molecule has 0 aliphatic carbocycles. The number of halogens is 1. The predicted molar refractivity (Wildman–Crippen MR) is 79.7 cm³/mol. The molecule has 0 bridgehead atoms. The van der Waals surface area contributed by atoms with Gasteiger partial charge in [0.25, 0.3) is 0 Å². The highest BCUT2D eigenvalue weighted by Crippen LogP contribution is 2.26. The average molecular weight is 286 g/mol. The van der Waals surface area contributed by atoms with Crippen molar-refractivity contribution in [1.82, 2.24) is 9.97 Å². The van der Waals surface area contributed by atoms with E-state index in [0.29, 0.717) is 10.4 Å². The first-order valence-electron chi connectivity index (χ1n) is 6.59. The van der Waals surface area contributed by atoms with Gasteiger partial charge in [0.1, 0.15) is 16.8 Å². The highest BCUT2D eigenvalue weighted by Gasteiger charge is 2.15. The molecule has 1 aliphatic rings. The van der Waals surface area contributed by atoms with Crippen LogP contribution in [0.15, 0.2) is 0 Å². The third kappa shape index (κ3) is 3.51. The summed E-state index contributed by atoms with van der Waals surface area (Å²) in [6.45, 7) is 4.99. The minimum absolute atomic E-state index is 0.570. The molecule has 0 aromatic carbocycles. The minimum atomic E-state index is 0.570. The Hall–Kier alpha value is -0.480. The van der Waals surface area contributed by atoms with E-state index in [2.05, 4.69) is 27.0 Å². The molecule has 1 N–H and O–H groups in total. The highest BCUT2D eigenvalue weighted by atomic mass is 35.5. The van der Waals surface area contributed by atoms with Gasteiger partial charge in [0.05, 0.1) is 0 Å². The summed E-state index contributed by atoms with van der Waals surface area (Å²) < 4.78 is 0. The Bertz CT molecular complexity index is 405. The number of hydrogen-bond donors (Lipinski definition) is 1. The maximum Gasteiger partial charge on any atom is 0.137 e. The van der Waals surface area contributed by atoms with E-state index in [1.807, 2.05) is 13.8 Å². The lowest BCUT2D eigenvalue weighted by molar-refractivity contribution is 0.676. The number of aryl methyl sites for hydroxylation is 1. The van der Waals surface area contributed by atoms with Gasteiger partial charge in [0.2, 0.25) is 0 Å². The van der Waals surface area contributed by atoms with Crippen molar-refractivity contribution in [3.05, 3.63) is 16.5 Å². The van der Waals surface area contributed by atoms with Gasteiger partial charge in [0, 0.05) is 23.8 Å². The van der Waals surface area contributed by atoms with E-state index >= 15 is 0 Å². The summed E-state index contributed by atoms with van der Waals surface area (Å²) in [6.07, 6.45) is 4.83. The van der Waals surface area contributed by atoms with Crippen molar-refractivity contribution in [3.63, 3.8) is 0 Å². The Labute approximate surface area is 118 Å². The molecule has 1 aliphatic heterocycles. The molecule has 0 spiro atoms. The van der Waals surface area contributed by atoms with Crippen LogP contribution in [0.5, 0.6) is 0 Å². The molecule has 18 heavy (non-hydrogen) atoms. The number of rotatable bonds is 4. The molecule has 1 fully saturated rings. The molecule has 0 saturated carbocycles. The summed E-state index contributed by atoms with van der Waals surface area (Å²) in [5.74, 6) is 3.00. The largest absolute Gasteiger partial charge is 0.369 e. The average Bonchev–Trinajstić information content (AvgIpc) is 2.41. The lowest BCUT2D eigenvalue weighted by Crippen LogP contribution is -2.21. The number of nitrogens with one attached hydrogen (secondary N) is 1. The third-order valence-electron chi connectivity index (χ3n) is 3.22. The molecule has 2 heterocycles. The summed E-state index contributed by atoms with van der Waals surface area (Å²) in [6, 6.07) is 0. The van der Waals surface area contributed by atoms with Crippen LogP contribution in [-0.2, 0) is 6.42 Å². The first-order chi connectivity index (χ1) is 8.70. The summed E-state index contributed by atoms with van der Waals surface area (Å²) >= 11 is 8.19. The van der Waals surface area contributed by atoms with Crippen LogP contribution in [0.2, 0.25) is 5.15 Å². The summed E-state index contributed by atoms with van der Waals surface area (Å²) in [7, 11) is 0. The smallest absolute Gasteiger partial charge is 0.137 e. The van der Waals surface area contributed by atoms with Crippen LogP contribution in [0.4, 0.5) is 5.82 Å². The molecule has 3 nitrogen and oxygen atoms in total. The maximum absolute atomic E-state index is 6.12. The molecule has 0 amide bonds. The molecule has 1 unspecified atom stereocenters. The van der Waals surface area contributed by atoms with Gasteiger partial charge in [-0.25, -0.2) is 9.97 Å². The van der Waals surface area contributed by atoms with Crippen LogP contribution < -0.4 is 5.32 Å². The molecule has 0 radical (unpaired) electrons. The zero-order valence-corrected chi connectivity index (χ0v) is 12.6. The Balaban J connectivity index is 2.01. The van der Waals surface area contributed by atoms with Crippen molar-refractivity contribution in [2.75, 3.05) is 17.6 Å². The van der Waals surface area contributed by atoms with E-state index < -0.39 is 0 Å². The molecule has 5 heteroatoms. The molecular formula is C13H20ClN3S. The number of aromatic nitrogens is 2. The van der Waals surface area contributed by atoms with Crippen molar-refractivity contribution in [2.45, 2.75) is 44.8 Å². The second-order valence-electron chi connectivity index (χ2n) is 4.63. The van der Waals surface area contributed by atoms with Gasteiger partial charge in [-0.3, -0.25) is 0 Å². The molecule has 1 atom stereocenters. The Morgan fingerprint density at radius 2 is 2.22 bits per heavy atom. The normalized spacial score (nSPS) is 19.8. The Kier molecular flexibility index (Phi) is 5.13. The highest BCUT2D eigenvalue weighted by molar-refractivity contribution is 7.99. The minimum Gasteiger partial charge on any atom is -0.369 e. The maximum atomic E-state index is 6.12. The van der Waals surface area contributed by atoms with Crippen LogP contribution in [0, 0.1) is 6.92 Å². The van der Waals surface area contributed by atoms with E-state index in [1.165, 1.54) is 25.0 Å². The predicted octanol–water partition coefficient (Wildman–Crippen LogP) is 3.70. The monoisotopic (exact) mass is 285 g/mol. The summed E-state index contributed by atoms with van der Waals surface area (Å²) in [4.78, 5) is 8.78. The van der Waals surface area contributed by atoms with Crippen molar-refractivity contribution in [2.24, 2.45) is 0 Å². The van der Waals surface area contributed by atoms with Crippen LogP contribution >= 0.6 is 23.4 Å². The number of nitrogens with zero attached hydrogens (tertiary/aromatic N) is 2. The molecule has 1 aromatic heterocycles. The first-order valence-corrected chi connectivity index (χ1v) is 8.02. The van der Waals surface area contributed by atoms with Crippen molar-refractivity contribution < 1.29 is 0 Å². The van der Waals surface area contributed by atoms with Crippen LogP contribution in [0.25, 0.3) is 0 Å². The Morgan fingerprint density at radius 1 is 1.39 bits per heavy atom. The van der Waals surface area contributed by atoms with Gasteiger partial charge in [0.15, 0.2) is 0 Å². The summed E-state index contributed by atoms with van der Waals surface area (Å²) in [5, 5.41) is 4.72. The molecular weight excluding hydrogens is 266 g/mol. The van der Waals surface area contributed by atoms with Gasteiger partial charge in [-0.05, 0) is 25.5 Å². The van der Waals surface area contributed by atoms with Crippen LogP contribution in [0.3, 0.4) is 0 Å². The fourth-order valence-corrected chi connectivity index (χ4v) is 3.47. The number of anilines is 1. The number of hydrogen-bond acceptors (Lipinski definition) is 4. The second-order valence-corrected chi connectivity index (χ2v) is 6.39. The van der Waals surface area contributed by atoms with E-state index in [4.69, 9.17) is 11.6 Å². The number of thioether (sulfide) groups is 1. The molecule has 1 aromatic rings. The zero-order chi connectivity index (χ0) is 13.0. The van der Waals surface area contributed by atoms with E-state index in [-0.39, 0.29) is 0 Å². The van der Waals surface area contributed by atoms with Crippen LogP contribution in [0.1, 0.15) is 37.6 Å².